The van der Waals surface area contributed by atoms with E-state index in [-0.39, 0.29) is 10.6 Å². The molecule has 0 aliphatic carbocycles. The van der Waals surface area contributed by atoms with Crippen LogP contribution < -0.4 is 5.73 Å². The number of sulfone groups is 1. The second-order valence-corrected chi connectivity index (χ2v) is 6.64. The lowest BCUT2D eigenvalue weighted by Crippen LogP contribution is -2.16. The largest absolute Gasteiger partial charge is 0.334 e. The van der Waals surface area contributed by atoms with Crippen LogP contribution in [0.2, 0.25) is 0 Å². The maximum atomic E-state index is 12.3. The van der Waals surface area contributed by atoms with Crippen molar-refractivity contribution in [3.8, 4) is 6.07 Å². The third kappa shape index (κ3) is 3.68. The smallest absolute Gasteiger partial charge is 0.180 e. The first-order valence-electron chi connectivity index (χ1n) is 6.50. The standard InChI is InChI=1S/C14H16N4O2S/c15-5-4-14-17-6-7-18(14)8-9-21(19,20)13-3-1-2-12(10-13)11-16/h1-3,6-7,10H,4-5,8-9,15H2. The molecule has 21 heavy (non-hydrogen) atoms. The van der Waals surface area contributed by atoms with Gasteiger partial charge in [-0.2, -0.15) is 5.26 Å². The van der Waals surface area contributed by atoms with E-state index in [9.17, 15) is 8.42 Å². The number of rotatable bonds is 6. The summed E-state index contributed by atoms with van der Waals surface area (Å²) in [7, 11) is -3.43. The predicted octanol–water partition coefficient (Wildman–Crippen LogP) is 0.730. The van der Waals surface area contributed by atoms with Gasteiger partial charge in [0.15, 0.2) is 9.84 Å². The Kier molecular flexibility index (Phi) is 4.73. The van der Waals surface area contributed by atoms with Gasteiger partial charge in [-0.25, -0.2) is 13.4 Å². The zero-order valence-corrected chi connectivity index (χ0v) is 12.3. The molecule has 0 atom stereocenters. The molecule has 0 aliphatic heterocycles. The van der Waals surface area contributed by atoms with E-state index in [1.807, 2.05) is 6.07 Å². The van der Waals surface area contributed by atoms with Crippen LogP contribution in [0.5, 0.6) is 0 Å². The number of nitrogens with two attached hydrogens (primary N) is 1. The van der Waals surface area contributed by atoms with Crippen LogP contribution in [0.1, 0.15) is 11.4 Å². The van der Waals surface area contributed by atoms with E-state index in [1.165, 1.54) is 12.1 Å². The Morgan fingerprint density at radius 2 is 2.19 bits per heavy atom. The lowest BCUT2D eigenvalue weighted by atomic mass is 10.2. The van der Waals surface area contributed by atoms with Crippen LogP contribution in [0.3, 0.4) is 0 Å². The molecule has 0 saturated carbocycles. The summed E-state index contributed by atoms with van der Waals surface area (Å²) >= 11 is 0. The van der Waals surface area contributed by atoms with Crippen molar-refractivity contribution in [3.05, 3.63) is 48.0 Å². The van der Waals surface area contributed by atoms with Crippen LogP contribution >= 0.6 is 0 Å². The second-order valence-electron chi connectivity index (χ2n) is 4.53. The van der Waals surface area contributed by atoms with E-state index in [0.29, 0.717) is 25.1 Å². The molecule has 0 fully saturated rings. The van der Waals surface area contributed by atoms with Gasteiger partial charge >= 0.3 is 0 Å². The SMILES string of the molecule is N#Cc1cccc(S(=O)(=O)CCn2ccnc2CCN)c1. The van der Waals surface area contributed by atoms with Crippen LogP contribution in [-0.2, 0) is 22.8 Å². The molecule has 2 aromatic rings. The number of aryl methyl sites for hydroxylation is 1. The highest BCUT2D eigenvalue weighted by Crippen LogP contribution is 2.13. The summed E-state index contributed by atoms with van der Waals surface area (Å²) in [6.07, 6.45) is 3.98. The Labute approximate surface area is 123 Å². The number of benzene rings is 1. The molecule has 1 aromatic carbocycles. The second kappa shape index (κ2) is 6.52. The molecule has 110 valence electrons. The molecular formula is C14H16N4O2S. The van der Waals surface area contributed by atoms with Gasteiger partial charge in [0.2, 0.25) is 0 Å². The van der Waals surface area contributed by atoms with Crippen molar-refractivity contribution in [2.75, 3.05) is 12.3 Å². The number of nitrogens with zero attached hydrogens (tertiary/aromatic N) is 3. The topological polar surface area (TPSA) is 102 Å². The van der Waals surface area contributed by atoms with E-state index in [1.54, 1.807) is 29.1 Å². The molecular weight excluding hydrogens is 288 g/mol. The molecule has 0 saturated heterocycles. The summed E-state index contributed by atoms with van der Waals surface area (Å²) < 4.78 is 26.4. The summed E-state index contributed by atoms with van der Waals surface area (Å²) in [5.41, 5.74) is 5.83. The third-order valence-corrected chi connectivity index (χ3v) is 4.79. The van der Waals surface area contributed by atoms with Crippen molar-refractivity contribution in [2.45, 2.75) is 17.9 Å². The van der Waals surface area contributed by atoms with E-state index in [2.05, 4.69) is 4.98 Å². The van der Waals surface area contributed by atoms with Crippen molar-refractivity contribution in [2.24, 2.45) is 5.73 Å². The Bertz CT molecular complexity index is 759. The van der Waals surface area contributed by atoms with E-state index >= 15 is 0 Å². The minimum absolute atomic E-state index is 0.0458. The Hall–Kier alpha value is -2.17. The summed E-state index contributed by atoms with van der Waals surface area (Å²) in [5.74, 6) is 0.731. The van der Waals surface area contributed by atoms with Gasteiger partial charge in [0, 0.05) is 25.4 Å². The van der Waals surface area contributed by atoms with Crippen LogP contribution in [0.4, 0.5) is 0 Å². The molecule has 0 aliphatic rings. The first kappa shape index (κ1) is 15.2. The zero-order chi connectivity index (χ0) is 15.3. The average Bonchev–Trinajstić information content (AvgIpc) is 2.93. The number of nitriles is 1. The van der Waals surface area contributed by atoms with Crippen molar-refractivity contribution in [1.82, 2.24) is 9.55 Å². The van der Waals surface area contributed by atoms with Gasteiger partial charge in [0.1, 0.15) is 5.82 Å². The Morgan fingerprint density at radius 3 is 2.90 bits per heavy atom. The van der Waals surface area contributed by atoms with Gasteiger partial charge in [-0.1, -0.05) is 6.07 Å². The van der Waals surface area contributed by atoms with Crippen molar-refractivity contribution in [3.63, 3.8) is 0 Å². The summed E-state index contributed by atoms with van der Waals surface area (Å²) in [6, 6.07) is 7.99. The highest BCUT2D eigenvalue weighted by molar-refractivity contribution is 7.91. The average molecular weight is 304 g/mol. The normalized spacial score (nSPS) is 11.2. The molecule has 0 amide bonds. The number of hydrogen-bond acceptors (Lipinski definition) is 5. The summed E-state index contributed by atoms with van der Waals surface area (Å²) in [4.78, 5) is 4.32. The van der Waals surface area contributed by atoms with Gasteiger partial charge in [0.05, 0.1) is 22.3 Å². The molecule has 1 heterocycles. The minimum atomic E-state index is -3.43. The number of hydrogen-bond donors (Lipinski definition) is 1. The Balaban J connectivity index is 2.14. The van der Waals surface area contributed by atoms with Crippen molar-refractivity contribution < 1.29 is 8.42 Å². The molecule has 6 nitrogen and oxygen atoms in total. The molecule has 0 radical (unpaired) electrons. The summed E-state index contributed by atoms with van der Waals surface area (Å²) in [6.45, 7) is 0.780. The van der Waals surface area contributed by atoms with Gasteiger partial charge in [-0.05, 0) is 24.7 Å². The van der Waals surface area contributed by atoms with E-state index < -0.39 is 9.84 Å². The molecule has 2 N–H and O–H groups in total. The van der Waals surface area contributed by atoms with Crippen molar-refractivity contribution >= 4 is 9.84 Å². The molecule has 7 heteroatoms. The Morgan fingerprint density at radius 1 is 1.38 bits per heavy atom. The maximum absolute atomic E-state index is 12.3. The predicted molar refractivity (Wildman–Crippen MR) is 78.2 cm³/mol. The molecule has 0 spiro atoms. The van der Waals surface area contributed by atoms with Crippen LogP contribution in [0, 0.1) is 11.3 Å². The highest BCUT2D eigenvalue weighted by atomic mass is 32.2. The highest BCUT2D eigenvalue weighted by Gasteiger charge is 2.15. The lowest BCUT2D eigenvalue weighted by Gasteiger charge is -2.08. The van der Waals surface area contributed by atoms with Crippen LogP contribution in [0.25, 0.3) is 0 Å². The molecule has 1 aromatic heterocycles. The number of imidazole rings is 1. The van der Waals surface area contributed by atoms with Gasteiger partial charge in [-0.3, -0.25) is 0 Å². The quantitative estimate of drug-likeness (QED) is 0.847. The molecule has 0 bridgehead atoms. The molecule has 0 unspecified atom stereocenters. The van der Waals surface area contributed by atoms with Crippen LogP contribution in [0.15, 0.2) is 41.6 Å². The fraction of sp³-hybridized carbons (Fsp3) is 0.286. The first-order valence-corrected chi connectivity index (χ1v) is 8.15. The fourth-order valence-electron chi connectivity index (χ4n) is 2.00. The zero-order valence-electron chi connectivity index (χ0n) is 11.4. The monoisotopic (exact) mass is 304 g/mol. The van der Waals surface area contributed by atoms with Gasteiger partial charge < -0.3 is 10.3 Å². The fourth-order valence-corrected chi connectivity index (χ4v) is 3.26. The van der Waals surface area contributed by atoms with Gasteiger partial charge in [0.25, 0.3) is 0 Å². The first-order chi connectivity index (χ1) is 10.1. The summed E-state index contributed by atoms with van der Waals surface area (Å²) in [5, 5.41) is 8.83. The minimum Gasteiger partial charge on any atom is -0.334 e. The van der Waals surface area contributed by atoms with E-state index in [4.69, 9.17) is 11.0 Å². The van der Waals surface area contributed by atoms with Crippen molar-refractivity contribution in [1.29, 1.82) is 5.26 Å². The van der Waals surface area contributed by atoms with Crippen LogP contribution in [-0.4, -0.2) is 30.3 Å². The third-order valence-electron chi connectivity index (χ3n) is 3.09. The lowest BCUT2D eigenvalue weighted by molar-refractivity contribution is 0.586. The van der Waals surface area contributed by atoms with E-state index in [0.717, 1.165) is 5.82 Å². The number of aromatic nitrogens is 2. The molecule has 2 rings (SSSR count). The van der Waals surface area contributed by atoms with Gasteiger partial charge in [-0.15, -0.1) is 0 Å². The maximum Gasteiger partial charge on any atom is 0.180 e.